The van der Waals surface area contributed by atoms with Crippen molar-refractivity contribution < 1.29 is 9.53 Å². The van der Waals surface area contributed by atoms with Crippen LogP contribution in [0.2, 0.25) is 0 Å². The van der Waals surface area contributed by atoms with E-state index in [9.17, 15) is 9.59 Å². The first-order valence-corrected chi connectivity index (χ1v) is 10.6. The molecular formula is C20H22N2O3S2. The molecule has 0 unspecified atom stereocenters. The van der Waals surface area contributed by atoms with Crippen LogP contribution in [0.4, 0.5) is 0 Å². The summed E-state index contributed by atoms with van der Waals surface area (Å²) in [6, 6.07) is 8.24. The molecule has 2 aromatic heterocycles. The number of thiophene rings is 1. The Labute approximate surface area is 166 Å². The maximum absolute atomic E-state index is 12.3. The first-order valence-electron chi connectivity index (χ1n) is 8.68. The fourth-order valence-electron chi connectivity index (χ4n) is 2.69. The van der Waals surface area contributed by atoms with Gasteiger partial charge < -0.3 is 9.72 Å². The monoisotopic (exact) mass is 402 g/mol. The Morgan fingerprint density at radius 3 is 2.67 bits per heavy atom. The van der Waals surface area contributed by atoms with E-state index in [1.165, 1.54) is 34.2 Å². The maximum Gasteiger partial charge on any atom is 0.316 e. The summed E-state index contributed by atoms with van der Waals surface area (Å²) in [5.74, 6) is 1.06. The number of nitrogens with zero attached hydrogens (tertiary/aromatic N) is 1. The Morgan fingerprint density at radius 2 is 1.96 bits per heavy atom. The molecule has 2 heterocycles. The predicted molar refractivity (Wildman–Crippen MR) is 112 cm³/mol. The van der Waals surface area contributed by atoms with Crippen LogP contribution in [-0.2, 0) is 15.3 Å². The smallest absolute Gasteiger partial charge is 0.316 e. The number of carbonyl (C=O) groups is 1. The highest BCUT2D eigenvalue weighted by Gasteiger charge is 2.18. The van der Waals surface area contributed by atoms with Gasteiger partial charge in [0.15, 0.2) is 11.9 Å². The minimum atomic E-state index is -0.600. The number of ether oxygens (including phenoxy) is 1. The van der Waals surface area contributed by atoms with Gasteiger partial charge >= 0.3 is 5.97 Å². The summed E-state index contributed by atoms with van der Waals surface area (Å²) in [7, 11) is 0. The van der Waals surface area contributed by atoms with Gasteiger partial charge in [-0.1, -0.05) is 29.8 Å². The molecule has 1 atom stereocenters. The minimum absolute atomic E-state index is 0.187. The summed E-state index contributed by atoms with van der Waals surface area (Å²) in [5, 5.41) is 0.619. The summed E-state index contributed by atoms with van der Waals surface area (Å²) >= 11 is 2.98. The molecule has 27 heavy (non-hydrogen) atoms. The van der Waals surface area contributed by atoms with Crippen LogP contribution in [0.3, 0.4) is 0 Å². The van der Waals surface area contributed by atoms with Crippen molar-refractivity contribution in [2.45, 2.75) is 39.6 Å². The second-order valence-corrected chi connectivity index (χ2v) is 8.71. The number of hydrogen-bond donors (Lipinski definition) is 1. The molecule has 0 radical (unpaired) electrons. The van der Waals surface area contributed by atoms with Gasteiger partial charge in [-0.3, -0.25) is 9.59 Å². The molecule has 0 fully saturated rings. The predicted octanol–water partition coefficient (Wildman–Crippen LogP) is 4.45. The van der Waals surface area contributed by atoms with Gasteiger partial charge in [-0.15, -0.1) is 23.1 Å². The van der Waals surface area contributed by atoms with Gasteiger partial charge in [0, 0.05) is 10.6 Å². The molecule has 7 heteroatoms. The van der Waals surface area contributed by atoms with Gasteiger partial charge in [-0.25, -0.2) is 4.98 Å². The molecule has 0 saturated carbocycles. The zero-order valence-electron chi connectivity index (χ0n) is 15.8. The number of carbonyl (C=O) groups excluding carboxylic acids is 1. The molecular weight excluding hydrogens is 380 g/mol. The quantitative estimate of drug-likeness (QED) is 0.617. The number of aryl methyl sites for hydroxylation is 3. The molecule has 0 saturated heterocycles. The zero-order chi connectivity index (χ0) is 19.6. The zero-order valence-corrected chi connectivity index (χ0v) is 17.4. The van der Waals surface area contributed by atoms with Gasteiger partial charge in [0.2, 0.25) is 0 Å². The van der Waals surface area contributed by atoms with Crippen LogP contribution in [0.15, 0.2) is 29.1 Å². The lowest BCUT2D eigenvalue weighted by Crippen LogP contribution is -2.18. The third-order valence-corrected chi connectivity index (χ3v) is 6.44. The van der Waals surface area contributed by atoms with Crippen molar-refractivity contribution in [1.29, 1.82) is 0 Å². The van der Waals surface area contributed by atoms with Crippen molar-refractivity contribution in [3.63, 3.8) is 0 Å². The van der Waals surface area contributed by atoms with E-state index in [0.717, 1.165) is 16.2 Å². The van der Waals surface area contributed by atoms with Crippen LogP contribution in [-0.4, -0.2) is 21.7 Å². The highest BCUT2D eigenvalue weighted by molar-refractivity contribution is 7.99. The lowest BCUT2D eigenvalue weighted by Gasteiger charge is -2.12. The lowest BCUT2D eigenvalue weighted by molar-refractivity contribution is -0.145. The topological polar surface area (TPSA) is 72.0 Å². The summed E-state index contributed by atoms with van der Waals surface area (Å²) in [6.07, 6.45) is -0.600. The SMILES string of the molecule is Cc1ccc(CSCC(=O)O[C@H](C)c2nc3sc(C)c(C)c3c(=O)[nH]2)cc1. The first-order chi connectivity index (χ1) is 12.8. The first kappa shape index (κ1) is 19.6. The molecule has 1 aromatic carbocycles. The number of esters is 1. The van der Waals surface area contributed by atoms with Crippen LogP contribution < -0.4 is 5.56 Å². The second-order valence-electron chi connectivity index (χ2n) is 6.53. The molecule has 3 aromatic rings. The van der Waals surface area contributed by atoms with Crippen LogP contribution in [0, 0.1) is 20.8 Å². The van der Waals surface area contributed by atoms with E-state index in [2.05, 4.69) is 34.2 Å². The third-order valence-electron chi connectivity index (χ3n) is 4.36. The van der Waals surface area contributed by atoms with E-state index in [0.29, 0.717) is 16.0 Å². The molecule has 5 nitrogen and oxygen atoms in total. The van der Waals surface area contributed by atoms with E-state index < -0.39 is 6.10 Å². The number of rotatable bonds is 6. The Bertz CT molecular complexity index is 1020. The van der Waals surface area contributed by atoms with Crippen molar-refractivity contribution in [1.82, 2.24) is 9.97 Å². The largest absolute Gasteiger partial charge is 0.454 e. The molecule has 0 spiro atoms. The molecule has 0 amide bonds. The van der Waals surface area contributed by atoms with Gasteiger partial charge in [0.1, 0.15) is 4.83 Å². The standard InChI is InChI=1S/C20H22N2O3S2/c1-11-5-7-15(8-6-11)9-26-10-16(23)25-13(3)18-21-19(24)17-12(2)14(4)27-20(17)22-18/h5-8,13H,9-10H2,1-4H3,(H,21,22,24)/t13-/m1/s1. The Hall–Kier alpha value is -2.12. The summed E-state index contributed by atoms with van der Waals surface area (Å²) in [6.45, 7) is 7.65. The Kier molecular flexibility index (Phi) is 6.01. The number of H-pyrrole nitrogens is 1. The van der Waals surface area contributed by atoms with E-state index in [1.54, 1.807) is 6.92 Å². The molecule has 3 rings (SSSR count). The molecule has 142 valence electrons. The number of aromatic amines is 1. The number of aromatic nitrogens is 2. The third kappa shape index (κ3) is 4.59. The van der Waals surface area contributed by atoms with E-state index in [-0.39, 0.29) is 17.3 Å². The summed E-state index contributed by atoms with van der Waals surface area (Å²) in [4.78, 5) is 33.4. The molecule has 0 aliphatic heterocycles. The van der Waals surface area contributed by atoms with Crippen molar-refractivity contribution in [2.24, 2.45) is 0 Å². The maximum atomic E-state index is 12.3. The van der Waals surface area contributed by atoms with Crippen LogP contribution in [0.25, 0.3) is 10.2 Å². The van der Waals surface area contributed by atoms with Crippen LogP contribution >= 0.6 is 23.1 Å². The fourth-order valence-corrected chi connectivity index (χ4v) is 4.49. The van der Waals surface area contributed by atoms with E-state index in [4.69, 9.17) is 4.74 Å². The van der Waals surface area contributed by atoms with Gasteiger partial charge in [0.05, 0.1) is 11.1 Å². The van der Waals surface area contributed by atoms with E-state index >= 15 is 0 Å². The average Bonchev–Trinajstić information content (AvgIpc) is 2.91. The molecule has 1 N–H and O–H groups in total. The summed E-state index contributed by atoms with van der Waals surface area (Å²) < 4.78 is 5.45. The Morgan fingerprint density at radius 1 is 1.26 bits per heavy atom. The van der Waals surface area contributed by atoms with Crippen LogP contribution in [0.5, 0.6) is 0 Å². The van der Waals surface area contributed by atoms with Crippen molar-refractivity contribution in [3.05, 3.63) is 62.0 Å². The highest BCUT2D eigenvalue weighted by atomic mass is 32.2. The minimum Gasteiger partial charge on any atom is -0.454 e. The number of thioether (sulfide) groups is 1. The van der Waals surface area contributed by atoms with Gasteiger partial charge in [-0.2, -0.15) is 0 Å². The Balaban J connectivity index is 1.60. The second kappa shape index (κ2) is 8.27. The number of benzene rings is 1. The molecule has 0 bridgehead atoms. The average molecular weight is 403 g/mol. The molecule has 0 aliphatic carbocycles. The normalized spacial score (nSPS) is 12.3. The van der Waals surface area contributed by atoms with E-state index in [1.807, 2.05) is 20.8 Å². The highest BCUT2D eigenvalue weighted by Crippen LogP contribution is 2.27. The van der Waals surface area contributed by atoms with Crippen molar-refractivity contribution >= 4 is 39.3 Å². The van der Waals surface area contributed by atoms with Gasteiger partial charge in [0.25, 0.3) is 5.56 Å². The lowest BCUT2D eigenvalue weighted by atomic mass is 10.2. The fraction of sp³-hybridized carbons (Fsp3) is 0.350. The van der Waals surface area contributed by atoms with Crippen molar-refractivity contribution in [3.8, 4) is 0 Å². The number of fused-ring (bicyclic) bond motifs is 1. The van der Waals surface area contributed by atoms with Crippen LogP contribution in [0.1, 0.15) is 40.4 Å². The number of hydrogen-bond acceptors (Lipinski definition) is 6. The molecule has 0 aliphatic rings. The van der Waals surface area contributed by atoms with Crippen molar-refractivity contribution in [2.75, 3.05) is 5.75 Å². The number of nitrogens with one attached hydrogen (secondary N) is 1. The summed E-state index contributed by atoms with van der Waals surface area (Å²) in [5.41, 5.74) is 3.15. The van der Waals surface area contributed by atoms with Gasteiger partial charge in [-0.05, 0) is 38.8 Å².